The zero-order chi connectivity index (χ0) is 19.7. The zero-order valence-corrected chi connectivity index (χ0v) is 17.4. The molecule has 4 rings (SSSR count). The molecule has 1 aromatic carbocycles. The number of halogens is 1. The van der Waals surface area contributed by atoms with Crippen LogP contribution in [-0.2, 0) is 16.0 Å². The van der Waals surface area contributed by atoms with E-state index in [0.29, 0.717) is 24.6 Å². The molecule has 3 heterocycles. The maximum Gasteiger partial charge on any atom is 0.228 e. The van der Waals surface area contributed by atoms with Crippen LogP contribution >= 0.6 is 22.9 Å². The van der Waals surface area contributed by atoms with E-state index in [0.717, 1.165) is 42.5 Å². The van der Waals surface area contributed by atoms with Gasteiger partial charge in [0.1, 0.15) is 0 Å². The van der Waals surface area contributed by atoms with Crippen molar-refractivity contribution in [3.63, 3.8) is 0 Å². The van der Waals surface area contributed by atoms with E-state index in [1.807, 2.05) is 28.5 Å². The van der Waals surface area contributed by atoms with Gasteiger partial charge in [-0.2, -0.15) is 0 Å². The second-order valence-electron chi connectivity index (χ2n) is 7.25. The van der Waals surface area contributed by atoms with Gasteiger partial charge in [0.05, 0.1) is 12.1 Å². The van der Waals surface area contributed by atoms with E-state index in [1.165, 1.54) is 16.9 Å². The standard InChI is InChI=1S/C20H23ClN4O2S/c1-14-4-5-15(21)11-17(14)23-7-9-24(10-8-23)19(27)12-16-13-28-20(22-16)25-6-2-3-18(25)26/h4-5,11,13H,2-3,6-10,12H2,1H3. The van der Waals surface area contributed by atoms with Gasteiger partial charge < -0.3 is 9.80 Å². The number of aromatic nitrogens is 1. The molecule has 0 aliphatic carbocycles. The summed E-state index contributed by atoms with van der Waals surface area (Å²) in [5, 5.41) is 3.34. The third-order valence-corrected chi connectivity index (χ3v) is 6.47. The highest BCUT2D eigenvalue weighted by Crippen LogP contribution is 2.27. The Labute approximate surface area is 173 Å². The number of carbonyl (C=O) groups is 2. The van der Waals surface area contributed by atoms with Crippen molar-refractivity contribution in [3.05, 3.63) is 39.9 Å². The summed E-state index contributed by atoms with van der Waals surface area (Å²) in [6, 6.07) is 5.92. The Kier molecular flexibility index (Phi) is 5.55. The molecule has 0 radical (unpaired) electrons. The minimum atomic E-state index is 0.0899. The van der Waals surface area contributed by atoms with E-state index in [9.17, 15) is 9.59 Å². The average molecular weight is 419 g/mol. The summed E-state index contributed by atoms with van der Waals surface area (Å²) < 4.78 is 0. The fraction of sp³-hybridized carbons (Fsp3) is 0.450. The molecule has 0 atom stereocenters. The van der Waals surface area contributed by atoms with Crippen LogP contribution in [0, 0.1) is 6.92 Å². The Morgan fingerprint density at radius 2 is 2.00 bits per heavy atom. The number of piperazine rings is 1. The highest BCUT2D eigenvalue weighted by atomic mass is 35.5. The lowest BCUT2D eigenvalue weighted by molar-refractivity contribution is -0.130. The number of benzene rings is 1. The second kappa shape index (κ2) is 8.09. The highest BCUT2D eigenvalue weighted by Gasteiger charge is 2.26. The second-order valence-corrected chi connectivity index (χ2v) is 8.52. The Bertz CT molecular complexity index is 892. The van der Waals surface area contributed by atoms with Crippen molar-refractivity contribution >= 4 is 45.6 Å². The van der Waals surface area contributed by atoms with Crippen LogP contribution in [0.4, 0.5) is 10.8 Å². The Hall–Kier alpha value is -2.12. The number of carbonyl (C=O) groups excluding carboxylic acids is 2. The molecule has 0 unspecified atom stereocenters. The first kappa shape index (κ1) is 19.2. The molecule has 2 saturated heterocycles. The maximum absolute atomic E-state index is 12.7. The van der Waals surface area contributed by atoms with Gasteiger partial charge in [-0.3, -0.25) is 14.5 Å². The largest absolute Gasteiger partial charge is 0.368 e. The van der Waals surface area contributed by atoms with Crippen LogP contribution in [0.15, 0.2) is 23.6 Å². The van der Waals surface area contributed by atoms with Crippen molar-refractivity contribution in [1.29, 1.82) is 0 Å². The third-order valence-electron chi connectivity index (χ3n) is 5.32. The van der Waals surface area contributed by atoms with Gasteiger partial charge in [-0.05, 0) is 31.0 Å². The van der Waals surface area contributed by atoms with Crippen molar-refractivity contribution in [1.82, 2.24) is 9.88 Å². The summed E-state index contributed by atoms with van der Waals surface area (Å²) >= 11 is 7.58. The number of hydrogen-bond acceptors (Lipinski definition) is 5. The van der Waals surface area contributed by atoms with Gasteiger partial charge in [0, 0.05) is 55.2 Å². The summed E-state index contributed by atoms with van der Waals surface area (Å²) in [4.78, 5) is 35.0. The van der Waals surface area contributed by atoms with E-state index in [4.69, 9.17) is 11.6 Å². The summed E-state index contributed by atoms with van der Waals surface area (Å²) in [6.45, 7) is 5.76. The lowest BCUT2D eigenvalue weighted by Gasteiger charge is -2.36. The molecule has 2 fully saturated rings. The fourth-order valence-electron chi connectivity index (χ4n) is 3.74. The molecular formula is C20H23ClN4O2S. The SMILES string of the molecule is Cc1ccc(Cl)cc1N1CCN(C(=O)Cc2csc(N3CCCC3=O)n2)CC1. The molecule has 2 aliphatic heterocycles. The molecule has 2 aliphatic rings. The van der Waals surface area contributed by atoms with Gasteiger partial charge in [0.2, 0.25) is 11.8 Å². The third kappa shape index (κ3) is 4.00. The molecule has 1 aromatic heterocycles. The van der Waals surface area contributed by atoms with Gasteiger partial charge >= 0.3 is 0 Å². The molecule has 0 saturated carbocycles. The topological polar surface area (TPSA) is 56.8 Å². The maximum atomic E-state index is 12.7. The number of aryl methyl sites for hydroxylation is 1. The Morgan fingerprint density at radius 3 is 2.71 bits per heavy atom. The van der Waals surface area contributed by atoms with Crippen LogP contribution in [0.3, 0.4) is 0 Å². The van der Waals surface area contributed by atoms with Crippen LogP contribution < -0.4 is 9.80 Å². The Morgan fingerprint density at radius 1 is 1.21 bits per heavy atom. The van der Waals surface area contributed by atoms with Gasteiger partial charge in [0.25, 0.3) is 0 Å². The average Bonchev–Trinajstić information content (AvgIpc) is 3.32. The van der Waals surface area contributed by atoms with Crippen molar-refractivity contribution < 1.29 is 9.59 Å². The number of anilines is 2. The van der Waals surface area contributed by atoms with Gasteiger partial charge in [-0.15, -0.1) is 11.3 Å². The molecule has 2 aromatic rings. The van der Waals surface area contributed by atoms with Crippen molar-refractivity contribution in [3.8, 4) is 0 Å². The van der Waals surface area contributed by atoms with Crippen LogP contribution in [0.5, 0.6) is 0 Å². The summed E-state index contributed by atoms with van der Waals surface area (Å²) in [5.41, 5.74) is 3.08. The van der Waals surface area contributed by atoms with E-state index in [2.05, 4.69) is 16.8 Å². The van der Waals surface area contributed by atoms with Crippen LogP contribution in [-0.4, -0.2) is 54.4 Å². The summed E-state index contributed by atoms with van der Waals surface area (Å²) in [7, 11) is 0. The summed E-state index contributed by atoms with van der Waals surface area (Å²) in [5.74, 6) is 0.215. The van der Waals surface area contributed by atoms with Crippen molar-refractivity contribution in [2.24, 2.45) is 0 Å². The molecule has 148 valence electrons. The van der Waals surface area contributed by atoms with Gasteiger partial charge in [-0.25, -0.2) is 4.98 Å². The minimum Gasteiger partial charge on any atom is -0.368 e. The Balaban J connectivity index is 1.34. The number of nitrogens with zero attached hydrogens (tertiary/aromatic N) is 4. The van der Waals surface area contributed by atoms with E-state index in [1.54, 1.807) is 4.90 Å². The normalized spacial score (nSPS) is 17.5. The lowest BCUT2D eigenvalue weighted by atomic mass is 10.1. The minimum absolute atomic E-state index is 0.0899. The first-order valence-corrected chi connectivity index (χ1v) is 10.8. The van der Waals surface area contributed by atoms with Crippen LogP contribution in [0.1, 0.15) is 24.1 Å². The quantitative estimate of drug-likeness (QED) is 0.765. The van der Waals surface area contributed by atoms with Crippen LogP contribution in [0.2, 0.25) is 5.02 Å². The van der Waals surface area contributed by atoms with E-state index >= 15 is 0 Å². The molecule has 0 spiro atoms. The van der Waals surface area contributed by atoms with E-state index in [-0.39, 0.29) is 18.2 Å². The number of thiazole rings is 1. The fourth-order valence-corrected chi connectivity index (χ4v) is 4.77. The number of hydrogen-bond donors (Lipinski definition) is 0. The van der Waals surface area contributed by atoms with E-state index < -0.39 is 0 Å². The molecule has 8 heteroatoms. The van der Waals surface area contributed by atoms with Crippen molar-refractivity contribution in [2.45, 2.75) is 26.2 Å². The lowest BCUT2D eigenvalue weighted by Crippen LogP contribution is -2.49. The molecule has 0 bridgehead atoms. The molecular weight excluding hydrogens is 396 g/mol. The molecule has 6 nitrogen and oxygen atoms in total. The monoisotopic (exact) mass is 418 g/mol. The zero-order valence-electron chi connectivity index (χ0n) is 15.9. The molecule has 2 amide bonds. The number of rotatable bonds is 4. The van der Waals surface area contributed by atoms with Gasteiger partial charge in [0.15, 0.2) is 5.13 Å². The first-order valence-electron chi connectivity index (χ1n) is 9.55. The predicted octanol–water partition coefficient (Wildman–Crippen LogP) is 3.12. The smallest absolute Gasteiger partial charge is 0.228 e. The summed E-state index contributed by atoms with van der Waals surface area (Å²) in [6.07, 6.45) is 1.75. The predicted molar refractivity (Wildman–Crippen MR) is 112 cm³/mol. The number of amides is 2. The first-order chi connectivity index (χ1) is 13.5. The van der Waals surface area contributed by atoms with Crippen molar-refractivity contribution in [2.75, 3.05) is 42.5 Å². The van der Waals surface area contributed by atoms with Crippen LogP contribution in [0.25, 0.3) is 0 Å². The molecule has 28 heavy (non-hydrogen) atoms. The molecule has 0 N–H and O–H groups in total. The van der Waals surface area contributed by atoms with Gasteiger partial charge in [-0.1, -0.05) is 17.7 Å². The highest BCUT2D eigenvalue weighted by molar-refractivity contribution is 7.14.